The van der Waals surface area contributed by atoms with Crippen molar-refractivity contribution in [1.29, 1.82) is 0 Å². The molecular formula is C15H20N2S. The number of fused-ring (bicyclic) bond motifs is 2. The van der Waals surface area contributed by atoms with Gasteiger partial charge in [-0.15, -0.1) is 11.3 Å². The van der Waals surface area contributed by atoms with Gasteiger partial charge in [-0.3, -0.25) is 4.98 Å². The largest absolute Gasteiger partial charge is 0.384 e. The molecular weight excluding hydrogens is 240 g/mol. The maximum Gasteiger partial charge on any atom is 0.0834 e. The number of nitrogens with zero attached hydrogens (tertiary/aromatic N) is 1. The lowest BCUT2D eigenvalue weighted by atomic mass is 10.1. The number of aryl methyl sites for hydroxylation is 1. The van der Waals surface area contributed by atoms with Crippen molar-refractivity contribution < 1.29 is 0 Å². The SMILES string of the molecule is CCCNc1c2c(nc3ccsc13)CCCCC2. The van der Waals surface area contributed by atoms with Crippen molar-refractivity contribution in [2.24, 2.45) is 0 Å². The molecule has 3 rings (SSSR count). The molecule has 1 aliphatic carbocycles. The van der Waals surface area contributed by atoms with Gasteiger partial charge in [-0.2, -0.15) is 0 Å². The van der Waals surface area contributed by atoms with Crippen LogP contribution >= 0.6 is 11.3 Å². The van der Waals surface area contributed by atoms with Crippen molar-refractivity contribution in [1.82, 2.24) is 4.98 Å². The number of hydrogen-bond acceptors (Lipinski definition) is 3. The van der Waals surface area contributed by atoms with E-state index in [0.717, 1.165) is 13.0 Å². The Morgan fingerprint density at radius 1 is 1.28 bits per heavy atom. The van der Waals surface area contributed by atoms with Crippen molar-refractivity contribution in [3.63, 3.8) is 0 Å². The quantitative estimate of drug-likeness (QED) is 0.828. The summed E-state index contributed by atoms with van der Waals surface area (Å²) in [5.41, 5.74) is 5.40. The van der Waals surface area contributed by atoms with Crippen molar-refractivity contribution >= 4 is 27.2 Å². The van der Waals surface area contributed by atoms with Gasteiger partial charge in [-0.1, -0.05) is 13.3 Å². The first-order chi connectivity index (χ1) is 8.90. The van der Waals surface area contributed by atoms with Gasteiger partial charge in [0.25, 0.3) is 0 Å². The number of anilines is 1. The number of hydrogen-bond donors (Lipinski definition) is 1. The smallest absolute Gasteiger partial charge is 0.0834 e. The maximum absolute atomic E-state index is 4.87. The molecule has 2 heterocycles. The van der Waals surface area contributed by atoms with Gasteiger partial charge in [0.05, 0.1) is 15.9 Å². The molecule has 0 aliphatic heterocycles. The van der Waals surface area contributed by atoms with Crippen LogP contribution in [0.25, 0.3) is 10.2 Å². The first-order valence-electron chi connectivity index (χ1n) is 7.03. The summed E-state index contributed by atoms with van der Waals surface area (Å²) in [5.74, 6) is 0. The van der Waals surface area contributed by atoms with Crippen molar-refractivity contribution in [2.75, 3.05) is 11.9 Å². The Kier molecular flexibility index (Phi) is 3.50. The highest BCUT2D eigenvalue weighted by Gasteiger charge is 2.17. The highest BCUT2D eigenvalue weighted by molar-refractivity contribution is 7.17. The minimum absolute atomic E-state index is 1.06. The molecule has 0 atom stereocenters. The van der Waals surface area contributed by atoms with Gasteiger partial charge >= 0.3 is 0 Å². The minimum atomic E-state index is 1.06. The molecule has 0 unspecified atom stereocenters. The van der Waals surface area contributed by atoms with E-state index in [1.165, 1.54) is 59.3 Å². The molecule has 2 aromatic rings. The highest BCUT2D eigenvalue weighted by atomic mass is 32.1. The van der Waals surface area contributed by atoms with Crippen LogP contribution in [0.3, 0.4) is 0 Å². The third-order valence-electron chi connectivity index (χ3n) is 3.67. The molecule has 1 N–H and O–H groups in total. The molecule has 0 saturated heterocycles. The van der Waals surface area contributed by atoms with E-state index in [1.54, 1.807) is 0 Å². The first-order valence-corrected chi connectivity index (χ1v) is 7.91. The van der Waals surface area contributed by atoms with E-state index in [0.29, 0.717) is 0 Å². The molecule has 0 radical (unpaired) electrons. The van der Waals surface area contributed by atoms with Gasteiger partial charge in [0.1, 0.15) is 0 Å². The lowest BCUT2D eigenvalue weighted by Gasteiger charge is -2.14. The van der Waals surface area contributed by atoms with E-state index in [-0.39, 0.29) is 0 Å². The lowest BCUT2D eigenvalue weighted by Crippen LogP contribution is -2.06. The second-order valence-electron chi connectivity index (χ2n) is 5.03. The summed E-state index contributed by atoms with van der Waals surface area (Å²) in [5, 5.41) is 5.81. The predicted molar refractivity (Wildman–Crippen MR) is 79.7 cm³/mol. The molecule has 2 aromatic heterocycles. The molecule has 3 heteroatoms. The number of pyridine rings is 1. The molecule has 0 fully saturated rings. The standard InChI is InChI=1S/C15H20N2S/c1-2-9-16-14-11-6-4-3-5-7-12(11)17-13-8-10-18-15(13)14/h8,10H,2-7,9H2,1H3,(H,16,17). The third-order valence-corrected chi connectivity index (χ3v) is 4.59. The lowest BCUT2D eigenvalue weighted by molar-refractivity contribution is 0.709. The molecule has 0 saturated carbocycles. The van der Waals surface area contributed by atoms with E-state index in [4.69, 9.17) is 4.98 Å². The van der Waals surface area contributed by atoms with Crippen LogP contribution < -0.4 is 5.32 Å². The van der Waals surface area contributed by atoms with Crippen LogP contribution in [-0.4, -0.2) is 11.5 Å². The zero-order chi connectivity index (χ0) is 12.4. The van der Waals surface area contributed by atoms with Gasteiger partial charge in [0.15, 0.2) is 0 Å². The van der Waals surface area contributed by atoms with Gasteiger partial charge < -0.3 is 5.32 Å². The Morgan fingerprint density at radius 2 is 2.17 bits per heavy atom. The molecule has 96 valence electrons. The summed E-state index contributed by atoms with van der Waals surface area (Å²) in [6.07, 6.45) is 7.47. The van der Waals surface area contributed by atoms with Crippen molar-refractivity contribution in [3.05, 3.63) is 22.7 Å². The Balaban J connectivity index is 2.13. The normalized spacial score (nSPS) is 15.4. The Morgan fingerprint density at radius 3 is 3.06 bits per heavy atom. The molecule has 0 bridgehead atoms. The molecule has 0 aromatic carbocycles. The number of aromatic nitrogens is 1. The average molecular weight is 260 g/mol. The van der Waals surface area contributed by atoms with Crippen LogP contribution in [-0.2, 0) is 12.8 Å². The van der Waals surface area contributed by atoms with E-state index >= 15 is 0 Å². The number of nitrogens with one attached hydrogen (secondary N) is 1. The zero-order valence-corrected chi connectivity index (χ0v) is 11.8. The predicted octanol–water partition coefficient (Wildman–Crippen LogP) is 4.39. The molecule has 0 amide bonds. The van der Waals surface area contributed by atoms with Gasteiger partial charge in [0.2, 0.25) is 0 Å². The van der Waals surface area contributed by atoms with Crippen LogP contribution in [0.15, 0.2) is 11.4 Å². The van der Waals surface area contributed by atoms with E-state index in [9.17, 15) is 0 Å². The first kappa shape index (κ1) is 12.0. The van der Waals surface area contributed by atoms with Crippen LogP contribution in [0.2, 0.25) is 0 Å². The Bertz CT molecular complexity index is 545. The van der Waals surface area contributed by atoms with Crippen LogP contribution in [0.5, 0.6) is 0 Å². The fourth-order valence-electron chi connectivity index (χ4n) is 2.76. The van der Waals surface area contributed by atoms with Crippen LogP contribution in [0.4, 0.5) is 5.69 Å². The van der Waals surface area contributed by atoms with Crippen molar-refractivity contribution in [3.8, 4) is 0 Å². The summed E-state index contributed by atoms with van der Waals surface area (Å²) < 4.78 is 1.35. The monoisotopic (exact) mass is 260 g/mol. The maximum atomic E-state index is 4.87. The fourth-order valence-corrected chi connectivity index (χ4v) is 3.64. The van der Waals surface area contributed by atoms with Gasteiger partial charge in [-0.05, 0) is 49.1 Å². The molecule has 0 spiro atoms. The average Bonchev–Trinajstić information content (AvgIpc) is 2.72. The molecule has 18 heavy (non-hydrogen) atoms. The minimum Gasteiger partial charge on any atom is -0.384 e. The summed E-state index contributed by atoms with van der Waals surface area (Å²) in [6.45, 7) is 3.28. The zero-order valence-electron chi connectivity index (χ0n) is 11.0. The number of thiophene rings is 1. The fraction of sp³-hybridized carbons (Fsp3) is 0.533. The second kappa shape index (κ2) is 5.27. The third kappa shape index (κ3) is 2.12. The van der Waals surface area contributed by atoms with Gasteiger partial charge in [-0.25, -0.2) is 0 Å². The second-order valence-corrected chi connectivity index (χ2v) is 5.95. The van der Waals surface area contributed by atoms with Crippen LogP contribution in [0.1, 0.15) is 43.9 Å². The number of rotatable bonds is 3. The Labute approximate surface area is 112 Å². The topological polar surface area (TPSA) is 24.9 Å². The van der Waals surface area contributed by atoms with E-state index in [1.807, 2.05) is 11.3 Å². The van der Waals surface area contributed by atoms with Crippen molar-refractivity contribution in [2.45, 2.75) is 45.4 Å². The Hall–Kier alpha value is -1.09. The molecule has 1 aliphatic rings. The van der Waals surface area contributed by atoms with E-state index in [2.05, 4.69) is 23.7 Å². The summed E-state index contributed by atoms with van der Waals surface area (Å²) in [6, 6.07) is 2.16. The summed E-state index contributed by atoms with van der Waals surface area (Å²) in [7, 11) is 0. The molecule has 2 nitrogen and oxygen atoms in total. The van der Waals surface area contributed by atoms with Gasteiger partial charge in [0, 0.05) is 12.2 Å². The van der Waals surface area contributed by atoms with E-state index < -0.39 is 0 Å². The summed E-state index contributed by atoms with van der Waals surface area (Å²) >= 11 is 1.82. The van der Waals surface area contributed by atoms with Crippen LogP contribution in [0, 0.1) is 0 Å². The highest BCUT2D eigenvalue weighted by Crippen LogP contribution is 2.35. The summed E-state index contributed by atoms with van der Waals surface area (Å²) in [4.78, 5) is 4.87.